The highest BCUT2D eigenvalue weighted by atomic mass is 32.1. The number of benzene rings is 1. The van der Waals surface area contributed by atoms with E-state index >= 15 is 0 Å². The van der Waals surface area contributed by atoms with Gasteiger partial charge in [0.15, 0.2) is 12.4 Å². The molecule has 3 aromatic rings. The molecule has 4 rings (SSSR count). The first kappa shape index (κ1) is 12.1. The molecule has 2 N–H and O–H groups in total. The summed E-state index contributed by atoms with van der Waals surface area (Å²) in [6.45, 7) is 0.0570. The third-order valence-electron chi connectivity index (χ3n) is 3.12. The number of nitrogens with one attached hydrogen (secondary N) is 2. The summed E-state index contributed by atoms with van der Waals surface area (Å²) in [6, 6.07) is 7.49. The van der Waals surface area contributed by atoms with E-state index in [1.54, 1.807) is 11.3 Å². The Bertz CT molecular complexity index is 846. The number of carbonyl (C=O) groups excluding carboxylic acids is 1. The molecule has 6 nitrogen and oxygen atoms in total. The van der Waals surface area contributed by atoms with Crippen LogP contribution in [0.15, 0.2) is 36.0 Å². The molecule has 1 aromatic carbocycles. The van der Waals surface area contributed by atoms with Crippen molar-refractivity contribution >= 4 is 44.7 Å². The van der Waals surface area contributed by atoms with Crippen molar-refractivity contribution in [3.8, 4) is 5.75 Å². The topological polar surface area (TPSA) is 76.1 Å². The maximum Gasteiger partial charge on any atom is 0.262 e. The van der Waals surface area contributed by atoms with Gasteiger partial charge in [0.1, 0.15) is 12.1 Å². The lowest BCUT2D eigenvalue weighted by molar-refractivity contribution is -0.118. The number of carbonyl (C=O) groups is 1. The van der Waals surface area contributed by atoms with Crippen LogP contribution in [0.4, 0.5) is 17.2 Å². The predicted molar refractivity (Wildman–Crippen MR) is 81.3 cm³/mol. The van der Waals surface area contributed by atoms with Gasteiger partial charge in [-0.1, -0.05) is 0 Å². The van der Waals surface area contributed by atoms with Crippen LogP contribution >= 0.6 is 11.3 Å². The number of nitrogens with zero attached hydrogens (tertiary/aromatic N) is 2. The van der Waals surface area contributed by atoms with E-state index in [2.05, 4.69) is 20.6 Å². The monoisotopic (exact) mass is 298 g/mol. The number of hydrogen-bond acceptors (Lipinski definition) is 6. The van der Waals surface area contributed by atoms with Crippen molar-refractivity contribution in [3.63, 3.8) is 0 Å². The number of aromatic nitrogens is 2. The minimum absolute atomic E-state index is 0.0570. The fraction of sp³-hybridized carbons (Fsp3) is 0.0714. The molecule has 0 unspecified atom stereocenters. The second-order valence-electron chi connectivity index (χ2n) is 4.53. The van der Waals surface area contributed by atoms with Crippen LogP contribution in [0.3, 0.4) is 0 Å². The molecule has 21 heavy (non-hydrogen) atoms. The molecular formula is C14H10N4O2S. The van der Waals surface area contributed by atoms with E-state index in [1.165, 1.54) is 6.33 Å². The summed E-state index contributed by atoms with van der Waals surface area (Å²) >= 11 is 1.58. The van der Waals surface area contributed by atoms with Crippen LogP contribution in [0, 0.1) is 0 Å². The van der Waals surface area contributed by atoms with Crippen LogP contribution in [0.1, 0.15) is 0 Å². The van der Waals surface area contributed by atoms with Gasteiger partial charge in [-0.3, -0.25) is 4.79 Å². The van der Waals surface area contributed by atoms with Crippen molar-refractivity contribution in [1.29, 1.82) is 0 Å². The van der Waals surface area contributed by atoms with Crippen LogP contribution in [-0.2, 0) is 4.79 Å². The third kappa shape index (κ3) is 2.17. The molecule has 1 aliphatic heterocycles. The Hall–Kier alpha value is -2.67. The van der Waals surface area contributed by atoms with Crippen molar-refractivity contribution in [1.82, 2.24) is 9.97 Å². The first-order valence-electron chi connectivity index (χ1n) is 6.31. The average molecular weight is 298 g/mol. The number of ether oxygens (including phenoxy) is 1. The highest BCUT2D eigenvalue weighted by molar-refractivity contribution is 7.17. The highest BCUT2D eigenvalue weighted by Crippen LogP contribution is 2.33. The van der Waals surface area contributed by atoms with E-state index in [9.17, 15) is 4.79 Å². The van der Waals surface area contributed by atoms with E-state index in [4.69, 9.17) is 4.74 Å². The molecule has 1 aliphatic rings. The molecule has 0 bridgehead atoms. The molecule has 0 aliphatic carbocycles. The molecular weight excluding hydrogens is 288 g/mol. The Kier molecular flexibility index (Phi) is 2.71. The van der Waals surface area contributed by atoms with Gasteiger partial charge >= 0.3 is 0 Å². The van der Waals surface area contributed by atoms with Crippen molar-refractivity contribution in [2.75, 3.05) is 17.2 Å². The van der Waals surface area contributed by atoms with Crippen LogP contribution in [-0.4, -0.2) is 22.5 Å². The molecule has 0 saturated carbocycles. The lowest BCUT2D eigenvalue weighted by atomic mass is 10.2. The van der Waals surface area contributed by atoms with E-state index in [1.807, 2.05) is 29.6 Å². The van der Waals surface area contributed by atoms with E-state index in [0.29, 0.717) is 11.4 Å². The smallest absolute Gasteiger partial charge is 0.262 e. The largest absolute Gasteiger partial charge is 0.482 e. The van der Waals surface area contributed by atoms with Gasteiger partial charge in [0, 0.05) is 5.69 Å². The summed E-state index contributed by atoms with van der Waals surface area (Å²) in [5.74, 6) is 1.27. The summed E-state index contributed by atoms with van der Waals surface area (Å²) in [6.07, 6.45) is 1.53. The maximum atomic E-state index is 11.4. The fourth-order valence-corrected chi connectivity index (χ4v) is 2.97. The lowest BCUT2D eigenvalue weighted by Crippen LogP contribution is -2.25. The summed E-state index contributed by atoms with van der Waals surface area (Å²) in [5, 5.41) is 8.01. The van der Waals surface area contributed by atoms with Crippen molar-refractivity contribution in [3.05, 3.63) is 36.0 Å². The Morgan fingerprint density at radius 1 is 1.29 bits per heavy atom. The summed E-state index contributed by atoms with van der Waals surface area (Å²) in [4.78, 5) is 19.8. The molecule has 0 saturated heterocycles. The second kappa shape index (κ2) is 4.71. The Labute approximate surface area is 123 Å². The van der Waals surface area contributed by atoms with Crippen molar-refractivity contribution in [2.45, 2.75) is 0 Å². The first-order chi connectivity index (χ1) is 10.3. The Morgan fingerprint density at radius 3 is 3.19 bits per heavy atom. The molecule has 0 radical (unpaired) electrons. The van der Waals surface area contributed by atoms with Gasteiger partial charge in [0.05, 0.1) is 15.9 Å². The van der Waals surface area contributed by atoms with E-state index in [0.717, 1.165) is 21.7 Å². The van der Waals surface area contributed by atoms with Crippen LogP contribution < -0.4 is 15.4 Å². The van der Waals surface area contributed by atoms with Gasteiger partial charge in [-0.2, -0.15) is 0 Å². The Balaban J connectivity index is 1.70. The molecule has 7 heteroatoms. The zero-order chi connectivity index (χ0) is 14.2. The fourth-order valence-electron chi connectivity index (χ4n) is 2.18. The zero-order valence-electron chi connectivity index (χ0n) is 10.8. The predicted octanol–water partition coefficient (Wildman–Crippen LogP) is 2.77. The number of fused-ring (bicyclic) bond motifs is 2. The summed E-state index contributed by atoms with van der Waals surface area (Å²) < 4.78 is 6.33. The molecule has 0 fully saturated rings. The van der Waals surface area contributed by atoms with Crippen LogP contribution in [0.2, 0.25) is 0 Å². The molecule has 0 spiro atoms. The van der Waals surface area contributed by atoms with Gasteiger partial charge < -0.3 is 15.4 Å². The van der Waals surface area contributed by atoms with Crippen molar-refractivity contribution in [2.24, 2.45) is 0 Å². The number of thiophene rings is 1. The first-order valence-corrected chi connectivity index (χ1v) is 7.19. The molecule has 104 valence electrons. The number of rotatable bonds is 2. The number of amides is 1. The van der Waals surface area contributed by atoms with Gasteiger partial charge in [-0.15, -0.1) is 11.3 Å². The third-order valence-corrected chi connectivity index (χ3v) is 4.03. The standard InChI is InChI=1S/C14H10N4O2S/c19-12-6-20-11-2-1-8(5-10(11)18-12)17-14-13-9(3-4-21-13)15-7-16-14/h1-5,7H,6H2,(H,18,19)(H,15,16,17). The molecule has 2 aromatic heterocycles. The molecule has 1 amide bonds. The average Bonchev–Trinajstić information content (AvgIpc) is 2.96. The maximum absolute atomic E-state index is 11.4. The van der Waals surface area contributed by atoms with Gasteiger partial charge in [-0.05, 0) is 29.6 Å². The van der Waals surface area contributed by atoms with Crippen molar-refractivity contribution < 1.29 is 9.53 Å². The summed E-state index contributed by atoms with van der Waals surface area (Å²) in [7, 11) is 0. The number of anilines is 3. The SMILES string of the molecule is O=C1COc2ccc(Nc3ncnc4ccsc34)cc2N1. The second-order valence-corrected chi connectivity index (χ2v) is 5.45. The zero-order valence-corrected chi connectivity index (χ0v) is 11.6. The molecule has 0 atom stereocenters. The quantitative estimate of drug-likeness (QED) is 0.761. The molecule has 3 heterocycles. The Morgan fingerprint density at radius 2 is 2.24 bits per heavy atom. The normalized spacial score (nSPS) is 13.4. The van der Waals surface area contributed by atoms with Gasteiger partial charge in [-0.25, -0.2) is 9.97 Å². The summed E-state index contributed by atoms with van der Waals surface area (Å²) in [5.41, 5.74) is 2.40. The number of hydrogen-bond donors (Lipinski definition) is 2. The van der Waals surface area contributed by atoms with Gasteiger partial charge in [0.25, 0.3) is 5.91 Å². The lowest BCUT2D eigenvalue weighted by Gasteiger charge is -2.18. The highest BCUT2D eigenvalue weighted by Gasteiger charge is 2.16. The van der Waals surface area contributed by atoms with E-state index < -0.39 is 0 Å². The van der Waals surface area contributed by atoms with E-state index in [-0.39, 0.29) is 12.5 Å². The van der Waals surface area contributed by atoms with Gasteiger partial charge in [0.2, 0.25) is 0 Å². The minimum Gasteiger partial charge on any atom is -0.482 e. The van der Waals surface area contributed by atoms with Crippen LogP contribution in [0.5, 0.6) is 5.75 Å². The minimum atomic E-state index is -0.151. The van der Waals surface area contributed by atoms with Crippen LogP contribution in [0.25, 0.3) is 10.2 Å².